The molecule has 0 fully saturated rings. The van der Waals surface area contributed by atoms with Crippen LogP contribution in [0, 0.1) is 5.92 Å². The molecule has 0 aromatic heterocycles. The Bertz CT molecular complexity index is 847. The largest absolute Gasteiger partial charge is 0.507 e. The first-order chi connectivity index (χ1) is 12.6. The van der Waals surface area contributed by atoms with E-state index < -0.39 is 0 Å². The van der Waals surface area contributed by atoms with E-state index in [0.717, 1.165) is 41.2 Å². The van der Waals surface area contributed by atoms with Gasteiger partial charge in [-0.1, -0.05) is 38.1 Å². The number of benzene rings is 2. The molecule has 2 heterocycles. The Hall–Kier alpha value is -2.69. The van der Waals surface area contributed by atoms with Crippen LogP contribution in [-0.2, 0) is 0 Å². The van der Waals surface area contributed by atoms with E-state index >= 15 is 0 Å². The number of hydrogen-bond acceptors (Lipinski definition) is 5. The monoisotopic (exact) mass is 352 g/mol. The fraction of sp³-hybridized carbons (Fsp3) is 0.381. The molecule has 0 saturated carbocycles. The van der Waals surface area contributed by atoms with Crippen LogP contribution >= 0.6 is 0 Å². The van der Waals surface area contributed by atoms with Gasteiger partial charge >= 0.3 is 0 Å². The molecule has 0 amide bonds. The van der Waals surface area contributed by atoms with Crippen molar-refractivity contribution in [1.82, 2.24) is 5.01 Å². The van der Waals surface area contributed by atoms with Crippen LogP contribution in [0.1, 0.15) is 43.9 Å². The van der Waals surface area contributed by atoms with Gasteiger partial charge in [-0.05, 0) is 24.1 Å². The summed E-state index contributed by atoms with van der Waals surface area (Å²) in [6.45, 7) is 4.36. The molecule has 1 N–H and O–H groups in total. The van der Waals surface area contributed by atoms with E-state index in [-0.39, 0.29) is 18.0 Å². The van der Waals surface area contributed by atoms with Gasteiger partial charge in [0, 0.05) is 24.0 Å². The Kier molecular flexibility index (Phi) is 4.23. The van der Waals surface area contributed by atoms with Gasteiger partial charge in [-0.15, -0.1) is 0 Å². The average molecular weight is 352 g/mol. The van der Waals surface area contributed by atoms with Crippen molar-refractivity contribution in [1.29, 1.82) is 0 Å². The summed E-state index contributed by atoms with van der Waals surface area (Å²) in [6, 6.07) is 13.4. The van der Waals surface area contributed by atoms with E-state index in [1.54, 1.807) is 13.2 Å². The van der Waals surface area contributed by atoms with Crippen molar-refractivity contribution in [3.63, 3.8) is 0 Å². The number of ether oxygens (including phenoxy) is 2. The Morgan fingerprint density at radius 3 is 2.77 bits per heavy atom. The minimum Gasteiger partial charge on any atom is -0.507 e. The van der Waals surface area contributed by atoms with Gasteiger partial charge < -0.3 is 14.6 Å². The van der Waals surface area contributed by atoms with Crippen LogP contribution in [0.3, 0.4) is 0 Å². The average Bonchev–Trinajstić information content (AvgIpc) is 3.07. The fourth-order valence-electron chi connectivity index (χ4n) is 3.76. The Morgan fingerprint density at radius 2 is 2.04 bits per heavy atom. The Balaban J connectivity index is 1.77. The second-order valence-corrected chi connectivity index (χ2v) is 7.24. The third kappa shape index (κ3) is 2.77. The van der Waals surface area contributed by atoms with Crippen LogP contribution in [0.25, 0.3) is 0 Å². The number of nitrogens with zero attached hydrogens (tertiary/aromatic N) is 2. The first kappa shape index (κ1) is 16.8. The van der Waals surface area contributed by atoms with E-state index in [1.165, 1.54) is 0 Å². The summed E-state index contributed by atoms with van der Waals surface area (Å²) >= 11 is 0. The smallest absolute Gasteiger partial charge is 0.188 e. The highest BCUT2D eigenvalue weighted by molar-refractivity contribution is 6.04. The van der Waals surface area contributed by atoms with E-state index in [4.69, 9.17) is 14.6 Å². The first-order valence-electron chi connectivity index (χ1n) is 9.06. The van der Waals surface area contributed by atoms with E-state index in [9.17, 15) is 5.11 Å². The van der Waals surface area contributed by atoms with Crippen molar-refractivity contribution in [2.45, 2.75) is 39.0 Å². The van der Waals surface area contributed by atoms with Gasteiger partial charge in [-0.3, -0.25) is 5.01 Å². The number of methoxy groups -OCH3 is 1. The van der Waals surface area contributed by atoms with Gasteiger partial charge in [-0.2, -0.15) is 5.10 Å². The second-order valence-electron chi connectivity index (χ2n) is 7.24. The number of para-hydroxylation sites is 2. The molecular formula is C21H24N2O3. The third-order valence-electron chi connectivity index (χ3n) is 4.97. The number of phenols is 1. The molecule has 4 rings (SSSR count). The molecule has 2 aliphatic heterocycles. The van der Waals surface area contributed by atoms with Crippen molar-refractivity contribution < 1.29 is 14.6 Å². The summed E-state index contributed by atoms with van der Waals surface area (Å²) in [6.07, 6.45) is 1.45. The second kappa shape index (κ2) is 6.56. The molecule has 2 aromatic carbocycles. The summed E-state index contributed by atoms with van der Waals surface area (Å²) in [7, 11) is 1.67. The maximum absolute atomic E-state index is 10.2. The molecule has 0 bridgehead atoms. The van der Waals surface area contributed by atoms with Crippen molar-refractivity contribution in [2.75, 3.05) is 7.11 Å². The lowest BCUT2D eigenvalue weighted by Crippen LogP contribution is -2.41. The van der Waals surface area contributed by atoms with Crippen LogP contribution in [0.5, 0.6) is 17.2 Å². The van der Waals surface area contributed by atoms with Crippen LogP contribution in [-0.4, -0.2) is 29.2 Å². The summed E-state index contributed by atoms with van der Waals surface area (Å²) < 4.78 is 11.8. The SMILES string of the molecule is COc1cccc2c1OC(CC(C)C)N1N=C(c3ccccc3O)CC21. The summed E-state index contributed by atoms with van der Waals surface area (Å²) in [5.74, 6) is 2.31. The van der Waals surface area contributed by atoms with Crippen LogP contribution in [0.15, 0.2) is 47.6 Å². The van der Waals surface area contributed by atoms with Crippen LogP contribution in [0.2, 0.25) is 0 Å². The molecule has 26 heavy (non-hydrogen) atoms. The van der Waals surface area contributed by atoms with Gasteiger partial charge in [0.15, 0.2) is 17.7 Å². The highest BCUT2D eigenvalue weighted by atomic mass is 16.5. The Morgan fingerprint density at radius 1 is 1.23 bits per heavy atom. The number of hydrazone groups is 1. The normalized spacial score (nSPS) is 21.1. The molecule has 0 saturated heterocycles. The van der Waals surface area contributed by atoms with E-state index in [1.807, 2.05) is 30.3 Å². The molecule has 2 unspecified atom stereocenters. The summed E-state index contributed by atoms with van der Waals surface area (Å²) in [5, 5.41) is 17.2. The zero-order chi connectivity index (χ0) is 18.3. The third-order valence-corrected chi connectivity index (χ3v) is 4.97. The lowest BCUT2D eigenvalue weighted by molar-refractivity contribution is -0.0308. The zero-order valence-electron chi connectivity index (χ0n) is 15.3. The minimum absolute atomic E-state index is 0.0900. The lowest BCUT2D eigenvalue weighted by Gasteiger charge is -2.39. The molecule has 136 valence electrons. The maximum Gasteiger partial charge on any atom is 0.188 e. The zero-order valence-corrected chi connectivity index (χ0v) is 15.3. The fourth-order valence-corrected chi connectivity index (χ4v) is 3.76. The van der Waals surface area contributed by atoms with Gasteiger partial charge in [0.25, 0.3) is 0 Å². The van der Waals surface area contributed by atoms with Crippen LogP contribution in [0.4, 0.5) is 0 Å². The first-order valence-corrected chi connectivity index (χ1v) is 9.06. The van der Waals surface area contributed by atoms with Crippen molar-refractivity contribution in [2.24, 2.45) is 11.0 Å². The van der Waals surface area contributed by atoms with Gasteiger partial charge in [-0.25, -0.2) is 0 Å². The van der Waals surface area contributed by atoms with Crippen molar-refractivity contribution >= 4 is 5.71 Å². The van der Waals surface area contributed by atoms with Gasteiger partial charge in [0.1, 0.15) is 5.75 Å². The minimum atomic E-state index is -0.146. The summed E-state index contributed by atoms with van der Waals surface area (Å²) in [4.78, 5) is 0. The highest BCUT2D eigenvalue weighted by Crippen LogP contribution is 2.48. The van der Waals surface area contributed by atoms with Crippen LogP contribution < -0.4 is 9.47 Å². The molecule has 0 spiro atoms. The molecule has 2 aliphatic rings. The molecule has 2 aromatic rings. The quantitative estimate of drug-likeness (QED) is 0.890. The van der Waals surface area contributed by atoms with E-state index in [2.05, 4.69) is 24.9 Å². The van der Waals surface area contributed by atoms with Gasteiger partial charge in [0.05, 0.1) is 18.9 Å². The van der Waals surface area contributed by atoms with Crippen molar-refractivity contribution in [3.8, 4) is 17.2 Å². The highest BCUT2D eigenvalue weighted by Gasteiger charge is 2.41. The lowest BCUT2D eigenvalue weighted by atomic mass is 9.95. The molecular weight excluding hydrogens is 328 g/mol. The number of fused-ring (bicyclic) bond motifs is 3. The number of hydrogen-bond donors (Lipinski definition) is 1. The predicted molar refractivity (Wildman–Crippen MR) is 101 cm³/mol. The number of rotatable bonds is 4. The topological polar surface area (TPSA) is 54.3 Å². The number of phenolic OH excluding ortho intramolecular Hbond substituents is 1. The van der Waals surface area contributed by atoms with Gasteiger partial charge in [0.2, 0.25) is 0 Å². The Labute approximate surface area is 153 Å². The molecule has 5 nitrogen and oxygen atoms in total. The predicted octanol–water partition coefficient (Wildman–Crippen LogP) is 4.32. The maximum atomic E-state index is 10.2. The molecule has 0 radical (unpaired) electrons. The standard InChI is InChI=1S/C21H24N2O3/c1-13(2)11-20-23-17(15-8-6-10-19(25-3)21(15)26-20)12-16(22-23)14-7-4-5-9-18(14)24/h4-10,13,17,20,24H,11-12H2,1-3H3. The van der Waals surface area contributed by atoms with E-state index in [0.29, 0.717) is 5.92 Å². The molecule has 0 aliphatic carbocycles. The van der Waals surface area contributed by atoms with Crippen molar-refractivity contribution in [3.05, 3.63) is 53.6 Å². The number of aromatic hydroxyl groups is 1. The molecule has 5 heteroatoms. The summed E-state index contributed by atoms with van der Waals surface area (Å²) in [5.41, 5.74) is 2.76. The molecule has 2 atom stereocenters.